The Morgan fingerprint density at radius 1 is 1.25 bits per heavy atom. The topological polar surface area (TPSA) is 20.3 Å². The molecule has 0 aromatic heterocycles. The van der Waals surface area contributed by atoms with Crippen LogP contribution in [0.25, 0.3) is 0 Å². The first kappa shape index (κ1) is 12.1. The van der Waals surface area contributed by atoms with Crippen LogP contribution in [0.1, 0.15) is 58.8 Å². The average Bonchev–Trinajstić information content (AvgIpc) is 3.13. The summed E-state index contributed by atoms with van der Waals surface area (Å²) in [4.78, 5) is 14.8. The molecule has 1 aliphatic heterocycles. The fraction of sp³-hybridized carbons (Fsp3) is 0.929. The summed E-state index contributed by atoms with van der Waals surface area (Å²) in [6.45, 7) is 6.59. The molecular formula is C14H25NO. The molecule has 0 radical (unpaired) electrons. The number of hydrogen-bond donors (Lipinski definition) is 0. The maximum Gasteiger partial charge on any atom is 0.153 e. The minimum Gasteiger partial charge on any atom is -0.298 e. The standard InChI is InChI=1S/C14H25NO/c1-3-14(2,13(16)11-12-7-8-12)15-9-5-4-6-10-15/h12H,3-11H2,1-2H3. The van der Waals surface area contributed by atoms with Gasteiger partial charge in [0.1, 0.15) is 0 Å². The summed E-state index contributed by atoms with van der Waals surface area (Å²) in [6, 6.07) is 0. The average molecular weight is 223 g/mol. The third kappa shape index (κ3) is 2.48. The SMILES string of the molecule is CCC(C)(C(=O)CC1CC1)N1CCCCC1. The van der Waals surface area contributed by atoms with E-state index in [-0.39, 0.29) is 5.54 Å². The summed E-state index contributed by atoms with van der Waals surface area (Å²) in [5.74, 6) is 1.22. The largest absolute Gasteiger partial charge is 0.298 e. The first-order valence-corrected chi connectivity index (χ1v) is 6.95. The Morgan fingerprint density at radius 2 is 1.88 bits per heavy atom. The lowest BCUT2D eigenvalue weighted by Gasteiger charge is -2.42. The van der Waals surface area contributed by atoms with E-state index in [9.17, 15) is 4.79 Å². The predicted octanol–water partition coefficient (Wildman–Crippen LogP) is 3.01. The molecule has 0 spiro atoms. The summed E-state index contributed by atoms with van der Waals surface area (Å²) < 4.78 is 0. The Morgan fingerprint density at radius 3 is 2.38 bits per heavy atom. The van der Waals surface area contributed by atoms with E-state index in [2.05, 4.69) is 18.7 Å². The van der Waals surface area contributed by atoms with Crippen molar-refractivity contribution < 1.29 is 4.79 Å². The van der Waals surface area contributed by atoms with Crippen LogP contribution in [0.5, 0.6) is 0 Å². The van der Waals surface area contributed by atoms with Crippen molar-refractivity contribution in [2.45, 2.75) is 64.3 Å². The fourth-order valence-electron chi connectivity index (χ4n) is 2.79. The number of likely N-dealkylation sites (tertiary alicyclic amines) is 1. The Labute approximate surface area is 99.4 Å². The van der Waals surface area contributed by atoms with Crippen LogP contribution in [0.2, 0.25) is 0 Å². The van der Waals surface area contributed by atoms with E-state index in [1.807, 2.05) is 0 Å². The third-order valence-electron chi connectivity index (χ3n) is 4.51. The summed E-state index contributed by atoms with van der Waals surface area (Å²) in [7, 11) is 0. The highest BCUT2D eigenvalue weighted by atomic mass is 16.1. The Bertz CT molecular complexity index is 253. The summed E-state index contributed by atoms with van der Waals surface area (Å²) in [5.41, 5.74) is -0.164. The Hall–Kier alpha value is -0.370. The second-order valence-corrected chi connectivity index (χ2v) is 5.75. The van der Waals surface area contributed by atoms with Gasteiger partial charge in [0, 0.05) is 6.42 Å². The van der Waals surface area contributed by atoms with Gasteiger partial charge in [0.2, 0.25) is 0 Å². The van der Waals surface area contributed by atoms with Crippen molar-refractivity contribution in [3.8, 4) is 0 Å². The molecule has 92 valence electrons. The molecule has 0 amide bonds. The summed E-state index contributed by atoms with van der Waals surface area (Å²) in [6.07, 6.45) is 8.25. The molecule has 1 aliphatic carbocycles. The van der Waals surface area contributed by atoms with Crippen LogP contribution in [0.4, 0.5) is 0 Å². The van der Waals surface area contributed by atoms with Gasteiger partial charge in [-0.1, -0.05) is 13.3 Å². The van der Waals surface area contributed by atoms with Gasteiger partial charge in [0.05, 0.1) is 5.54 Å². The minimum atomic E-state index is -0.164. The number of nitrogens with zero attached hydrogens (tertiary/aromatic N) is 1. The zero-order valence-corrected chi connectivity index (χ0v) is 10.8. The van der Waals surface area contributed by atoms with Crippen molar-refractivity contribution in [2.75, 3.05) is 13.1 Å². The predicted molar refractivity (Wildman–Crippen MR) is 66.5 cm³/mol. The van der Waals surface area contributed by atoms with Gasteiger partial charge in [-0.25, -0.2) is 0 Å². The van der Waals surface area contributed by atoms with Gasteiger partial charge < -0.3 is 0 Å². The quantitative estimate of drug-likeness (QED) is 0.714. The van der Waals surface area contributed by atoms with Crippen molar-refractivity contribution in [3.63, 3.8) is 0 Å². The molecule has 1 heterocycles. The number of Topliss-reactive ketones (excluding diaryl/α,β-unsaturated/α-hetero) is 1. The van der Waals surface area contributed by atoms with E-state index >= 15 is 0 Å². The van der Waals surface area contributed by atoms with E-state index in [1.54, 1.807) is 0 Å². The molecule has 0 aromatic carbocycles. The number of piperidine rings is 1. The van der Waals surface area contributed by atoms with Crippen LogP contribution < -0.4 is 0 Å². The van der Waals surface area contributed by atoms with Crippen molar-refractivity contribution in [1.82, 2.24) is 4.90 Å². The van der Waals surface area contributed by atoms with Crippen molar-refractivity contribution >= 4 is 5.78 Å². The molecule has 2 rings (SSSR count). The zero-order chi connectivity index (χ0) is 11.6. The van der Waals surface area contributed by atoms with Crippen LogP contribution in [0.15, 0.2) is 0 Å². The molecule has 2 nitrogen and oxygen atoms in total. The summed E-state index contributed by atoms with van der Waals surface area (Å²) >= 11 is 0. The van der Waals surface area contributed by atoms with E-state index in [4.69, 9.17) is 0 Å². The Kier molecular flexibility index (Phi) is 3.68. The van der Waals surface area contributed by atoms with E-state index in [1.165, 1.54) is 32.1 Å². The molecular weight excluding hydrogens is 198 g/mol. The van der Waals surface area contributed by atoms with Crippen LogP contribution in [-0.4, -0.2) is 29.3 Å². The van der Waals surface area contributed by atoms with Crippen LogP contribution in [0, 0.1) is 5.92 Å². The number of rotatable bonds is 5. The number of carbonyl (C=O) groups is 1. The number of ketones is 1. The molecule has 2 aliphatic rings. The number of hydrogen-bond acceptors (Lipinski definition) is 2. The molecule has 0 N–H and O–H groups in total. The minimum absolute atomic E-state index is 0.164. The third-order valence-corrected chi connectivity index (χ3v) is 4.51. The van der Waals surface area contributed by atoms with Gasteiger partial charge >= 0.3 is 0 Å². The second kappa shape index (κ2) is 4.87. The first-order chi connectivity index (χ1) is 7.66. The van der Waals surface area contributed by atoms with E-state index in [0.29, 0.717) is 5.78 Å². The highest BCUT2D eigenvalue weighted by molar-refractivity contribution is 5.88. The van der Waals surface area contributed by atoms with Crippen molar-refractivity contribution in [2.24, 2.45) is 5.92 Å². The van der Waals surface area contributed by atoms with Crippen LogP contribution in [-0.2, 0) is 4.79 Å². The van der Waals surface area contributed by atoms with Crippen molar-refractivity contribution in [3.05, 3.63) is 0 Å². The fourth-order valence-corrected chi connectivity index (χ4v) is 2.79. The van der Waals surface area contributed by atoms with Gasteiger partial charge in [-0.05, 0) is 58.0 Å². The molecule has 0 aromatic rings. The molecule has 16 heavy (non-hydrogen) atoms. The van der Waals surface area contributed by atoms with Gasteiger partial charge in [0.25, 0.3) is 0 Å². The first-order valence-electron chi connectivity index (χ1n) is 6.95. The van der Waals surface area contributed by atoms with E-state index in [0.717, 1.165) is 31.8 Å². The Balaban J connectivity index is 1.99. The molecule has 1 atom stereocenters. The van der Waals surface area contributed by atoms with Gasteiger partial charge in [0.15, 0.2) is 5.78 Å². The highest BCUT2D eigenvalue weighted by Gasteiger charge is 2.39. The van der Waals surface area contributed by atoms with E-state index < -0.39 is 0 Å². The molecule has 2 fully saturated rings. The van der Waals surface area contributed by atoms with Gasteiger partial charge in [-0.2, -0.15) is 0 Å². The lowest BCUT2D eigenvalue weighted by Crippen LogP contribution is -2.54. The molecule has 1 unspecified atom stereocenters. The molecule has 2 heteroatoms. The molecule has 1 saturated heterocycles. The number of carbonyl (C=O) groups excluding carboxylic acids is 1. The monoisotopic (exact) mass is 223 g/mol. The maximum atomic E-state index is 12.4. The van der Waals surface area contributed by atoms with Crippen LogP contribution >= 0.6 is 0 Å². The maximum absolute atomic E-state index is 12.4. The normalized spacial score (nSPS) is 26.4. The van der Waals surface area contributed by atoms with Crippen molar-refractivity contribution in [1.29, 1.82) is 0 Å². The zero-order valence-electron chi connectivity index (χ0n) is 10.8. The van der Waals surface area contributed by atoms with Crippen LogP contribution in [0.3, 0.4) is 0 Å². The molecule has 1 saturated carbocycles. The second-order valence-electron chi connectivity index (χ2n) is 5.75. The summed E-state index contributed by atoms with van der Waals surface area (Å²) in [5, 5.41) is 0. The molecule has 0 bridgehead atoms. The van der Waals surface area contributed by atoms with Gasteiger partial charge in [-0.15, -0.1) is 0 Å². The lowest BCUT2D eigenvalue weighted by molar-refractivity contribution is -0.131. The van der Waals surface area contributed by atoms with Gasteiger partial charge in [-0.3, -0.25) is 9.69 Å². The lowest BCUT2D eigenvalue weighted by atomic mass is 9.86. The highest BCUT2D eigenvalue weighted by Crippen LogP contribution is 2.36. The smallest absolute Gasteiger partial charge is 0.153 e.